The third kappa shape index (κ3) is 4.72. The number of nitrogens with one attached hydrogen (secondary N) is 1. The third-order valence-corrected chi connectivity index (χ3v) is 5.83. The average Bonchev–Trinajstić information content (AvgIpc) is 3.44. The van der Waals surface area contributed by atoms with Gasteiger partial charge in [0.05, 0.1) is 4.90 Å². The molecule has 0 saturated heterocycles. The summed E-state index contributed by atoms with van der Waals surface area (Å²) in [6.45, 7) is 0.295. The average molecular weight is 387 g/mol. The molecule has 0 aliphatic heterocycles. The highest BCUT2D eigenvalue weighted by molar-refractivity contribution is 7.89. The summed E-state index contributed by atoms with van der Waals surface area (Å²) < 4.78 is 27.0. The van der Waals surface area contributed by atoms with Crippen molar-refractivity contribution in [1.29, 1.82) is 0 Å². The summed E-state index contributed by atoms with van der Waals surface area (Å²) in [5.74, 6) is -0.777. The lowest BCUT2D eigenvalue weighted by molar-refractivity contribution is 0.0785. The van der Waals surface area contributed by atoms with E-state index in [1.54, 1.807) is 31.3 Å². The molecule has 8 heteroatoms. The topological polar surface area (TPSA) is 110 Å². The maximum Gasteiger partial charge on any atom is 0.253 e. The van der Waals surface area contributed by atoms with Gasteiger partial charge in [0.2, 0.25) is 15.9 Å². The molecule has 1 saturated carbocycles. The number of rotatable bonds is 7. The molecule has 1 fully saturated rings. The fraction of sp³-hybridized carbons (Fsp3) is 0.263. The first-order valence-corrected chi connectivity index (χ1v) is 10.0. The van der Waals surface area contributed by atoms with Crippen LogP contribution >= 0.6 is 0 Å². The van der Waals surface area contributed by atoms with E-state index in [1.165, 1.54) is 29.2 Å². The van der Waals surface area contributed by atoms with Gasteiger partial charge in [-0.2, -0.15) is 0 Å². The van der Waals surface area contributed by atoms with E-state index in [0.29, 0.717) is 17.7 Å². The minimum Gasteiger partial charge on any atom is -0.366 e. The molecule has 1 aliphatic rings. The molecule has 142 valence electrons. The van der Waals surface area contributed by atoms with Crippen LogP contribution in [0.5, 0.6) is 0 Å². The summed E-state index contributed by atoms with van der Waals surface area (Å²) in [6.07, 6.45) is 1.72. The number of amides is 2. The van der Waals surface area contributed by atoms with E-state index < -0.39 is 15.9 Å². The highest BCUT2D eigenvalue weighted by Gasteiger charge is 2.28. The van der Waals surface area contributed by atoms with E-state index >= 15 is 0 Å². The van der Waals surface area contributed by atoms with Crippen molar-refractivity contribution in [2.75, 3.05) is 7.05 Å². The fourth-order valence-corrected chi connectivity index (χ4v) is 3.96. The molecule has 0 aromatic heterocycles. The van der Waals surface area contributed by atoms with E-state index in [1.807, 2.05) is 0 Å². The van der Waals surface area contributed by atoms with Crippen LogP contribution < -0.4 is 10.5 Å². The van der Waals surface area contributed by atoms with Crippen LogP contribution in [0.15, 0.2) is 53.4 Å². The molecular formula is C19H21N3O4S. The van der Waals surface area contributed by atoms with Crippen molar-refractivity contribution in [2.45, 2.75) is 30.3 Å². The summed E-state index contributed by atoms with van der Waals surface area (Å²) >= 11 is 0. The van der Waals surface area contributed by atoms with Crippen LogP contribution in [-0.2, 0) is 16.6 Å². The standard InChI is InChI=1S/C19H21N3O4S/c1-22(12-13-3-2-4-15(11-13)18(20)23)19(24)14-5-9-17(10-6-14)27(25,26)21-16-7-8-16/h2-6,9-11,16,21H,7-8,12H2,1H3,(H2,20,23). The van der Waals surface area contributed by atoms with Gasteiger partial charge in [0.1, 0.15) is 0 Å². The first-order chi connectivity index (χ1) is 12.8. The fourth-order valence-electron chi connectivity index (χ4n) is 2.65. The molecule has 2 amide bonds. The number of hydrogen-bond donors (Lipinski definition) is 2. The highest BCUT2D eigenvalue weighted by Crippen LogP contribution is 2.22. The van der Waals surface area contributed by atoms with Gasteiger partial charge >= 0.3 is 0 Å². The van der Waals surface area contributed by atoms with E-state index in [-0.39, 0.29) is 16.8 Å². The molecule has 0 atom stereocenters. The zero-order chi connectivity index (χ0) is 19.6. The van der Waals surface area contributed by atoms with Crippen LogP contribution in [0.4, 0.5) is 0 Å². The number of primary amides is 1. The van der Waals surface area contributed by atoms with Crippen LogP contribution in [-0.4, -0.2) is 38.2 Å². The van der Waals surface area contributed by atoms with Crippen molar-refractivity contribution < 1.29 is 18.0 Å². The van der Waals surface area contributed by atoms with Crippen LogP contribution in [0.1, 0.15) is 39.1 Å². The molecule has 1 aliphatic carbocycles. The third-order valence-electron chi connectivity index (χ3n) is 4.29. The Morgan fingerprint density at radius 1 is 1.11 bits per heavy atom. The Bertz CT molecular complexity index is 967. The molecule has 2 aromatic rings. The van der Waals surface area contributed by atoms with E-state index in [0.717, 1.165) is 18.4 Å². The smallest absolute Gasteiger partial charge is 0.253 e. The summed E-state index contributed by atoms with van der Waals surface area (Å²) in [4.78, 5) is 25.5. The Morgan fingerprint density at radius 2 is 1.78 bits per heavy atom. The second kappa shape index (κ2) is 7.50. The molecule has 0 bridgehead atoms. The number of nitrogens with zero attached hydrogens (tertiary/aromatic N) is 1. The first-order valence-electron chi connectivity index (χ1n) is 8.53. The summed E-state index contributed by atoms with van der Waals surface area (Å²) in [7, 11) is -1.90. The van der Waals surface area contributed by atoms with Crippen LogP contribution in [0.25, 0.3) is 0 Å². The molecule has 0 heterocycles. The van der Waals surface area contributed by atoms with Gasteiger partial charge in [0, 0.05) is 30.8 Å². The zero-order valence-corrected chi connectivity index (χ0v) is 15.7. The summed E-state index contributed by atoms with van der Waals surface area (Å²) in [5.41, 5.74) is 6.81. The quantitative estimate of drug-likeness (QED) is 0.750. The van der Waals surface area contributed by atoms with Crippen molar-refractivity contribution in [3.63, 3.8) is 0 Å². The molecule has 3 N–H and O–H groups in total. The van der Waals surface area contributed by atoms with Gasteiger partial charge < -0.3 is 10.6 Å². The predicted molar refractivity (Wildman–Crippen MR) is 101 cm³/mol. The Hall–Kier alpha value is -2.71. The van der Waals surface area contributed by atoms with Gasteiger partial charge in [-0.05, 0) is 54.8 Å². The maximum atomic E-state index is 12.6. The lowest BCUT2D eigenvalue weighted by Gasteiger charge is -2.18. The minimum atomic E-state index is -3.54. The van der Waals surface area contributed by atoms with Crippen LogP contribution in [0.3, 0.4) is 0 Å². The Kier molecular flexibility index (Phi) is 5.29. The Balaban J connectivity index is 1.69. The largest absolute Gasteiger partial charge is 0.366 e. The monoisotopic (exact) mass is 387 g/mol. The number of sulfonamides is 1. The molecule has 0 radical (unpaired) electrons. The molecular weight excluding hydrogens is 366 g/mol. The normalized spacial score (nSPS) is 14.0. The highest BCUT2D eigenvalue weighted by atomic mass is 32.2. The predicted octanol–water partition coefficient (Wildman–Crippen LogP) is 1.50. The molecule has 2 aromatic carbocycles. The van der Waals surface area contributed by atoms with E-state index in [4.69, 9.17) is 5.73 Å². The lowest BCUT2D eigenvalue weighted by Crippen LogP contribution is -2.27. The zero-order valence-electron chi connectivity index (χ0n) is 14.9. The molecule has 27 heavy (non-hydrogen) atoms. The number of carbonyl (C=O) groups excluding carboxylic acids is 2. The van der Waals surface area contributed by atoms with Crippen molar-refractivity contribution in [3.8, 4) is 0 Å². The van der Waals surface area contributed by atoms with Gasteiger partial charge in [-0.25, -0.2) is 13.1 Å². The molecule has 0 spiro atoms. The molecule has 7 nitrogen and oxygen atoms in total. The van der Waals surface area contributed by atoms with Gasteiger partial charge in [-0.15, -0.1) is 0 Å². The van der Waals surface area contributed by atoms with Gasteiger partial charge in [0.15, 0.2) is 0 Å². The van der Waals surface area contributed by atoms with E-state index in [9.17, 15) is 18.0 Å². The van der Waals surface area contributed by atoms with Crippen molar-refractivity contribution in [1.82, 2.24) is 9.62 Å². The Labute approximate surface area is 158 Å². The lowest BCUT2D eigenvalue weighted by atomic mass is 10.1. The SMILES string of the molecule is CN(Cc1cccc(C(N)=O)c1)C(=O)c1ccc(S(=O)(=O)NC2CC2)cc1. The number of carbonyl (C=O) groups is 2. The van der Waals surface area contributed by atoms with Crippen molar-refractivity contribution in [2.24, 2.45) is 5.73 Å². The minimum absolute atomic E-state index is 0.0265. The number of benzene rings is 2. The maximum absolute atomic E-state index is 12.6. The van der Waals surface area contributed by atoms with Crippen LogP contribution in [0.2, 0.25) is 0 Å². The Morgan fingerprint density at radius 3 is 2.37 bits per heavy atom. The van der Waals surface area contributed by atoms with Crippen LogP contribution in [0, 0.1) is 0 Å². The van der Waals surface area contributed by atoms with Gasteiger partial charge in [-0.3, -0.25) is 9.59 Å². The molecule has 0 unspecified atom stereocenters. The second-order valence-electron chi connectivity index (χ2n) is 6.65. The summed E-state index contributed by atoms with van der Waals surface area (Å²) in [5, 5.41) is 0. The number of hydrogen-bond acceptors (Lipinski definition) is 4. The van der Waals surface area contributed by atoms with E-state index in [2.05, 4.69) is 4.72 Å². The number of nitrogens with two attached hydrogens (primary N) is 1. The van der Waals surface area contributed by atoms with Gasteiger partial charge in [-0.1, -0.05) is 12.1 Å². The van der Waals surface area contributed by atoms with Crippen molar-refractivity contribution >= 4 is 21.8 Å². The summed E-state index contributed by atoms with van der Waals surface area (Å²) in [6, 6.07) is 12.7. The first kappa shape index (κ1) is 19.1. The van der Waals surface area contributed by atoms with Gasteiger partial charge in [0.25, 0.3) is 5.91 Å². The second-order valence-corrected chi connectivity index (χ2v) is 8.36. The van der Waals surface area contributed by atoms with Crippen molar-refractivity contribution in [3.05, 3.63) is 65.2 Å². The molecule has 3 rings (SSSR count).